The number of nitrogens with zero attached hydrogens (tertiary/aromatic N) is 1. The zero-order valence-electron chi connectivity index (χ0n) is 23.2. The summed E-state index contributed by atoms with van der Waals surface area (Å²) in [6.45, 7) is 4.89. The summed E-state index contributed by atoms with van der Waals surface area (Å²) in [7, 11) is 4.72. The summed E-state index contributed by atoms with van der Waals surface area (Å²) in [6, 6.07) is 14.5. The molecule has 3 saturated heterocycles. The topological polar surface area (TPSA) is 78.5 Å². The van der Waals surface area contributed by atoms with E-state index in [-0.39, 0.29) is 23.8 Å². The highest BCUT2D eigenvalue weighted by Gasteiger charge is 2.71. The molecule has 1 N–H and O–H groups in total. The third kappa shape index (κ3) is 3.79. The molecular weight excluding hydrogens is 496 g/mol. The predicted molar refractivity (Wildman–Crippen MR) is 147 cm³/mol. The molecule has 0 amide bonds. The number of nitrogens with one attached hydrogen (secondary N) is 1. The van der Waals surface area contributed by atoms with Crippen molar-refractivity contribution < 1.29 is 28.5 Å². The Morgan fingerprint density at radius 2 is 1.92 bits per heavy atom. The van der Waals surface area contributed by atoms with Crippen LogP contribution in [0.3, 0.4) is 0 Å². The number of rotatable bonds is 6. The third-order valence-electron chi connectivity index (χ3n) is 9.31. The number of anilines is 1. The number of ether oxygens (including phenoxy) is 5. The number of esters is 1. The Bertz CT molecular complexity index is 1270. The van der Waals surface area contributed by atoms with Gasteiger partial charge in [0.2, 0.25) is 0 Å². The lowest BCUT2D eigenvalue weighted by Crippen LogP contribution is -2.75. The first-order valence-electron chi connectivity index (χ1n) is 13.9. The van der Waals surface area contributed by atoms with Gasteiger partial charge in [-0.2, -0.15) is 0 Å². The van der Waals surface area contributed by atoms with Gasteiger partial charge in [0.15, 0.2) is 5.72 Å². The van der Waals surface area contributed by atoms with Crippen molar-refractivity contribution in [1.29, 1.82) is 0 Å². The first kappa shape index (κ1) is 26.2. The van der Waals surface area contributed by atoms with Crippen molar-refractivity contribution in [3.05, 3.63) is 59.9 Å². The summed E-state index contributed by atoms with van der Waals surface area (Å²) in [5.41, 5.74) is 3.25. The molecule has 8 nitrogen and oxygen atoms in total. The molecule has 8 heteroatoms. The molecule has 208 valence electrons. The standard InChI is InChI=1S/C31H38N2O6/c1-5-20-18-33-14-13-30-27-25(36-3)12-11-22(21-9-7-6-8-10-21)28(27)32-31(30,39-16-15-38-30)26(33)17-23(20)24(19-35-2)29(34)37-4/h6-12,19-20,23,26,32H,5,13-18H2,1-4H3/b24-19+/t20-,23+,26+,30+,31+/m1/s1. The molecule has 5 atom stereocenters. The van der Waals surface area contributed by atoms with E-state index in [1.54, 1.807) is 20.5 Å². The van der Waals surface area contributed by atoms with Crippen LogP contribution in [0.1, 0.15) is 31.7 Å². The molecule has 0 radical (unpaired) electrons. The van der Waals surface area contributed by atoms with Gasteiger partial charge in [0.25, 0.3) is 0 Å². The van der Waals surface area contributed by atoms with Gasteiger partial charge in [-0.25, -0.2) is 4.79 Å². The normalized spacial score (nSPS) is 31.7. The molecule has 3 fully saturated rings. The number of carbonyl (C=O) groups is 1. The van der Waals surface area contributed by atoms with E-state index in [0.29, 0.717) is 25.2 Å². The maximum Gasteiger partial charge on any atom is 0.337 e. The molecule has 4 aliphatic heterocycles. The maximum atomic E-state index is 12.9. The SMILES string of the molecule is CC[C@@H]1CN2CC[C@@]34OCCO[C@@]3(Nc3c(-c5ccccc5)ccc(OC)c34)[C@@H]2C[C@@H]1/C(=C\OC)C(=O)OC. The second-order valence-electron chi connectivity index (χ2n) is 10.9. The van der Waals surface area contributed by atoms with Crippen LogP contribution in [0.5, 0.6) is 5.75 Å². The number of hydrogen-bond acceptors (Lipinski definition) is 8. The summed E-state index contributed by atoms with van der Waals surface area (Å²) in [5.74, 6) is 0.699. The number of carbonyl (C=O) groups excluding carboxylic acids is 1. The fraction of sp³-hybridized carbons (Fsp3) is 0.516. The van der Waals surface area contributed by atoms with Crippen molar-refractivity contribution in [1.82, 2.24) is 4.90 Å². The number of methoxy groups -OCH3 is 3. The first-order chi connectivity index (χ1) is 19.0. The van der Waals surface area contributed by atoms with Gasteiger partial charge in [-0.1, -0.05) is 43.7 Å². The number of fused-ring (bicyclic) bond motifs is 2. The molecule has 4 aliphatic rings. The van der Waals surface area contributed by atoms with Crippen molar-refractivity contribution in [2.24, 2.45) is 11.8 Å². The maximum absolute atomic E-state index is 12.9. The molecule has 0 saturated carbocycles. The summed E-state index contributed by atoms with van der Waals surface area (Å²) in [4.78, 5) is 15.5. The van der Waals surface area contributed by atoms with Gasteiger partial charge in [0.05, 0.1) is 63.7 Å². The fourth-order valence-corrected chi connectivity index (χ4v) is 7.63. The van der Waals surface area contributed by atoms with Crippen LogP contribution in [0.4, 0.5) is 5.69 Å². The average molecular weight is 535 g/mol. The Labute approximate surface area is 230 Å². The van der Waals surface area contributed by atoms with E-state index in [4.69, 9.17) is 23.7 Å². The molecule has 4 heterocycles. The molecule has 0 bridgehead atoms. The molecule has 0 aromatic heterocycles. The van der Waals surface area contributed by atoms with Crippen molar-refractivity contribution in [2.75, 3.05) is 52.9 Å². The van der Waals surface area contributed by atoms with Crippen LogP contribution in [0.2, 0.25) is 0 Å². The number of hydrogen-bond donors (Lipinski definition) is 1. The smallest absolute Gasteiger partial charge is 0.337 e. The lowest BCUT2D eigenvalue weighted by atomic mass is 9.67. The lowest BCUT2D eigenvalue weighted by Gasteiger charge is -2.61. The lowest BCUT2D eigenvalue weighted by molar-refractivity contribution is -0.297. The Hall–Kier alpha value is -3.07. The summed E-state index contributed by atoms with van der Waals surface area (Å²) >= 11 is 0. The first-order valence-corrected chi connectivity index (χ1v) is 13.9. The molecular formula is C31H38N2O6. The van der Waals surface area contributed by atoms with Gasteiger partial charge in [-0.3, -0.25) is 4.90 Å². The van der Waals surface area contributed by atoms with E-state index >= 15 is 0 Å². The van der Waals surface area contributed by atoms with E-state index in [2.05, 4.69) is 47.5 Å². The van der Waals surface area contributed by atoms with Crippen molar-refractivity contribution in [2.45, 2.75) is 43.6 Å². The van der Waals surface area contributed by atoms with Crippen molar-refractivity contribution >= 4 is 11.7 Å². The van der Waals surface area contributed by atoms with Crippen LogP contribution in [-0.4, -0.2) is 70.3 Å². The minimum Gasteiger partial charge on any atom is -0.504 e. The molecule has 0 unspecified atom stereocenters. The van der Waals surface area contributed by atoms with Crippen molar-refractivity contribution in [3.8, 4) is 16.9 Å². The Morgan fingerprint density at radius 3 is 2.64 bits per heavy atom. The largest absolute Gasteiger partial charge is 0.504 e. The van der Waals surface area contributed by atoms with Gasteiger partial charge in [-0.05, 0) is 42.4 Å². The highest BCUT2D eigenvalue weighted by molar-refractivity contribution is 5.89. The van der Waals surface area contributed by atoms with Gasteiger partial charge >= 0.3 is 5.97 Å². The van der Waals surface area contributed by atoms with Crippen molar-refractivity contribution in [3.63, 3.8) is 0 Å². The molecule has 0 aliphatic carbocycles. The summed E-state index contributed by atoms with van der Waals surface area (Å²) in [6.07, 6.45) is 3.99. The molecule has 6 rings (SSSR count). The Kier molecular flexibility index (Phi) is 6.81. The van der Waals surface area contributed by atoms with Crippen LogP contribution in [0, 0.1) is 11.8 Å². The van der Waals surface area contributed by atoms with E-state index < -0.39 is 11.3 Å². The Morgan fingerprint density at radius 1 is 1.13 bits per heavy atom. The van der Waals surface area contributed by atoms with Crippen LogP contribution < -0.4 is 10.1 Å². The van der Waals surface area contributed by atoms with Crippen LogP contribution in [0.25, 0.3) is 11.1 Å². The van der Waals surface area contributed by atoms with E-state index in [1.807, 2.05) is 12.1 Å². The molecule has 0 spiro atoms. The number of piperidine rings is 2. The fourth-order valence-electron chi connectivity index (χ4n) is 7.63. The minimum atomic E-state index is -0.838. The second kappa shape index (κ2) is 10.2. The third-order valence-corrected chi connectivity index (χ3v) is 9.31. The minimum absolute atomic E-state index is 0.0413. The van der Waals surface area contributed by atoms with E-state index in [9.17, 15) is 4.79 Å². The zero-order valence-corrected chi connectivity index (χ0v) is 23.2. The van der Waals surface area contributed by atoms with Gasteiger partial charge in [-0.15, -0.1) is 0 Å². The van der Waals surface area contributed by atoms with Gasteiger partial charge in [0.1, 0.15) is 11.4 Å². The van der Waals surface area contributed by atoms with Gasteiger partial charge < -0.3 is 29.0 Å². The van der Waals surface area contributed by atoms with Crippen LogP contribution in [0.15, 0.2) is 54.3 Å². The molecule has 2 aromatic rings. The monoisotopic (exact) mass is 534 g/mol. The Balaban J connectivity index is 1.50. The van der Waals surface area contributed by atoms with E-state index in [0.717, 1.165) is 54.1 Å². The van der Waals surface area contributed by atoms with Crippen LogP contribution >= 0.6 is 0 Å². The molecule has 2 aromatic carbocycles. The second-order valence-corrected chi connectivity index (χ2v) is 10.9. The van der Waals surface area contributed by atoms with Crippen LogP contribution in [-0.2, 0) is 29.3 Å². The highest BCUT2D eigenvalue weighted by atomic mass is 16.6. The summed E-state index contributed by atoms with van der Waals surface area (Å²) < 4.78 is 30.2. The average Bonchev–Trinajstić information content (AvgIpc) is 3.31. The predicted octanol–water partition coefficient (Wildman–Crippen LogP) is 4.55. The summed E-state index contributed by atoms with van der Waals surface area (Å²) in [5, 5.41) is 3.92. The quantitative estimate of drug-likeness (QED) is 0.329. The van der Waals surface area contributed by atoms with E-state index in [1.165, 1.54) is 7.11 Å². The van der Waals surface area contributed by atoms with Gasteiger partial charge in [0, 0.05) is 18.7 Å². The highest BCUT2D eigenvalue weighted by Crippen LogP contribution is 2.63. The number of benzene rings is 2. The molecule has 39 heavy (non-hydrogen) atoms. The zero-order chi connectivity index (χ0) is 27.2.